The second kappa shape index (κ2) is 7.52. The van der Waals surface area contributed by atoms with Crippen molar-refractivity contribution in [3.05, 3.63) is 81.9 Å². The molecule has 0 saturated carbocycles. The van der Waals surface area contributed by atoms with Gasteiger partial charge in [-0.1, -0.05) is 38.1 Å². The molecule has 4 N–H and O–H groups in total. The number of fused-ring (bicyclic) bond motifs is 2. The molecule has 0 aromatic heterocycles. The molecule has 0 radical (unpaired) electrons. The fourth-order valence-corrected chi connectivity index (χ4v) is 5.68. The molecule has 3 unspecified atom stereocenters. The van der Waals surface area contributed by atoms with Gasteiger partial charge >= 0.3 is 0 Å². The number of hydrogen-bond acceptors (Lipinski definition) is 4. The maximum atomic E-state index is 11.3. The lowest BCUT2D eigenvalue weighted by molar-refractivity contribution is 0.295. The van der Waals surface area contributed by atoms with E-state index < -0.39 is 5.41 Å². The van der Waals surface area contributed by atoms with Gasteiger partial charge in [0, 0.05) is 33.6 Å². The fourth-order valence-electron chi connectivity index (χ4n) is 5.68. The van der Waals surface area contributed by atoms with Gasteiger partial charge in [0.2, 0.25) is 0 Å². The molecule has 2 bridgehead atoms. The maximum Gasteiger partial charge on any atom is 0.123 e. The van der Waals surface area contributed by atoms with Crippen molar-refractivity contribution in [2.24, 2.45) is 0 Å². The molecular weight excluding hydrogens is 388 g/mol. The summed E-state index contributed by atoms with van der Waals surface area (Å²) in [6.07, 6.45) is 1.29. The van der Waals surface area contributed by atoms with Crippen molar-refractivity contribution in [1.82, 2.24) is 0 Å². The third kappa shape index (κ3) is 3.21. The average Bonchev–Trinajstić information content (AvgIpc) is 2.76. The summed E-state index contributed by atoms with van der Waals surface area (Å²) in [6, 6.07) is 14.3. The molecule has 31 heavy (non-hydrogen) atoms. The molecule has 4 heteroatoms. The van der Waals surface area contributed by atoms with E-state index in [0.717, 1.165) is 16.7 Å². The first-order chi connectivity index (χ1) is 14.7. The SMILES string of the molecule is CCC1(c2c(C)cccc2O)CC(c2ccc(C)cc2O)c2cc(O)cc(c2O)C1C. The summed E-state index contributed by atoms with van der Waals surface area (Å²) in [6.45, 7) is 8.06. The van der Waals surface area contributed by atoms with E-state index in [-0.39, 0.29) is 34.8 Å². The van der Waals surface area contributed by atoms with Gasteiger partial charge < -0.3 is 20.4 Å². The molecular formula is C27H30O4. The highest BCUT2D eigenvalue weighted by Crippen LogP contribution is 2.59. The number of rotatable bonds is 3. The normalized spacial score (nSPS) is 22.8. The largest absolute Gasteiger partial charge is 0.508 e. The molecule has 4 nitrogen and oxygen atoms in total. The molecule has 1 aliphatic carbocycles. The first kappa shape index (κ1) is 21.1. The van der Waals surface area contributed by atoms with Crippen molar-refractivity contribution < 1.29 is 20.4 Å². The van der Waals surface area contributed by atoms with E-state index in [2.05, 4.69) is 6.92 Å². The molecule has 1 aliphatic rings. The Morgan fingerprint density at radius 3 is 2.23 bits per heavy atom. The number of aromatic hydroxyl groups is 4. The van der Waals surface area contributed by atoms with Crippen LogP contribution in [0.3, 0.4) is 0 Å². The Kier molecular flexibility index (Phi) is 5.12. The van der Waals surface area contributed by atoms with Crippen LogP contribution in [0, 0.1) is 13.8 Å². The van der Waals surface area contributed by atoms with E-state index >= 15 is 0 Å². The van der Waals surface area contributed by atoms with E-state index in [1.165, 1.54) is 0 Å². The second-order valence-electron chi connectivity index (χ2n) is 8.99. The molecule has 3 aromatic rings. The van der Waals surface area contributed by atoms with Crippen LogP contribution in [0.4, 0.5) is 0 Å². The Hall–Kier alpha value is -3.14. The van der Waals surface area contributed by atoms with Crippen molar-refractivity contribution in [3.63, 3.8) is 0 Å². The third-order valence-corrected chi connectivity index (χ3v) is 7.33. The van der Waals surface area contributed by atoms with Crippen LogP contribution in [-0.2, 0) is 5.41 Å². The maximum absolute atomic E-state index is 11.3. The van der Waals surface area contributed by atoms with E-state index in [4.69, 9.17) is 0 Å². The van der Waals surface area contributed by atoms with Gasteiger partial charge in [-0.25, -0.2) is 0 Å². The van der Waals surface area contributed by atoms with Gasteiger partial charge in [0.15, 0.2) is 0 Å². The Morgan fingerprint density at radius 2 is 1.58 bits per heavy atom. The van der Waals surface area contributed by atoms with E-state index in [0.29, 0.717) is 29.5 Å². The summed E-state index contributed by atoms with van der Waals surface area (Å²) in [4.78, 5) is 0. The van der Waals surface area contributed by atoms with Gasteiger partial charge in [-0.3, -0.25) is 0 Å². The Balaban J connectivity index is 2.06. The van der Waals surface area contributed by atoms with Crippen LogP contribution < -0.4 is 0 Å². The highest BCUT2D eigenvalue weighted by atomic mass is 16.3. The first-order valence-corrected chi connectivity index (χ1v) is 10.8. The summed E-state index contributed by atoms with van der Waals surface area (Å²) in [5, 5.41) is 43.5. The lowest BCUT2D eigenvalue weighted by Gasteiger charge is -2.41. The van der Waals surface area contributed by atoms with Crippen LogP contribution >= 0.6 is 0 Å². The van der Waals surface area contributed by atoms with Crippen molar-refractivity contribution in [3.8, 4) is 23.0 Å². The number of phenols is 4. The zero-order valence-corrected chi connectivity index (χ0v) is 18.5. The lowest BCUT2D eigenvalue weighted by Crippen LogP contribution is -2.33. The summed E-state index contributed by atoms with van der Waals surface area (Å²) < 4.78 is 0. The molecule has 0 aliphatic heterocycles. The van der Waals surface area contributed by atoms with E-state index in [1.54, 1.807) is 24.3 Å². The molecule has 0 saturated heterocycles. The molecule has 3 atom stereocenters. The summed E-state index contributed by atoms with van der Waals surface area (Å²) in [7, 11) is 0. The minimum absolute atomic E-state index is 0.0900. The lowest BCUT2D eigenvalue weighted by atomic mass is 9.62. The number of benzene rings is 3. The van der Waals surface area contributed by atoms with E-state index in [9.17, 15) is 20.4 Å². The molecule has 3 aromatic carbocycles. The van der Waals surface area contributed by atoms with Crippen LogP contribution in [0.15, 0.2) is 48.5 Å². The minimum Gasteiger partial charge on any atom is -0.508 e. The van der Waals surface area contributed by atoms with Gasteiger partial charge in [0.05, 0.1) is 0 Å². The van der Waals surface area contributed by atoms with Crippen LogP contribution in [-0.4, -0.2) is 20.4 Å². The second-order valence-corrected chi connectivity index (χ2v) is 8.99. The first-order valence-electron chi connectivity index (χ1n) is 10.8. The summed E-state index contributed by atoms with van der Waals surface area (Å²) >= 11 is 0. The van der Waals surface area contributed by atoms with Crippen molar-refractivity contribution in [2.75, 3.05) is 0 Å². The predicted octanol–water partition coefficient (Wildman–Crippen LogP) is 6.11. The summed E-state index contributed by atoms with van der Waals surface area (Å²) in [5.74, 6) is 0.122. The average molecular weight is 419 g/mol. The zero-order chi connectivity index (χ0) is 22.5. The Labute approximate surface area is 183 Å². The highest BCUT2D eigenvalue weighted by Gasteiger charge is 2.46. The molecule has 4 rings (SSSR count). The minimum atomic E-state index is -0.516. The number of hydrogen-bond donors (Lipinski definition) is 4. The van der Waals surface area contributed by atoms with Gasteiger partial charge in [-0.15, -0.1) is 0 Å². The van der Waals surface area contributed by atoms with Gasteiger partial charge in [0.25, 0.3) is 0 Å². The molecule has 0 amide bonds. The van der Waals surface area contributed by atoms with Crippen LogP contribution in [0.1, 0.15) is 71.9 Å². The van der Waals surface area contributed by atoms with Crippen LogP contribution in [0.5, 0.6) is 23.0 Å². The predicted molar refractivity (Wildman–Crippen MR) is 122 cm³/mol. The van der Waals surface area contributed by atoms with Gasteiger partial charge in [0.1, 0.15) is 23.0 Å². The zero-order valence-electron chi connectivity index (χ0n) is 18.5. The third-order valence-electron chi connectivity index (χ3n) is 7.33. The van der Waals surface area contributed by atoms with Gasteiger partial charge in [-0.05, 0) is 68.0 Å². The summed E-state index contributed by atoms with van der Waals surface area (Å²) in [5.41, 5.74) is 4.25. The smallest absolute Gasteiger partial charge is 0.123 e. The molecule has 0 heterocycles. The van der Waals surface area contributed by atoms with Crippen LogP contribution in [0.2, 0.25) is 0 Å². The van der Waals surface area contributed by atoms with Crippen LogP contribution in [0.25, 0.3) is 0 Å². The Bertz CT molecular complexity index is 1130. The standard InChI is InChI=1S/C27H30O4/c1-5-27(25-16(3)7-6-8-23(25)29)14-22(19-10-9-15(2)11-24(19)30)21-13-18(28)12-20(17(27)4)26(21)31/h6-13,17,22,28-31H,5,14H2,1-4H3. The monoisotopic (exact) mass is 418 g/mol. The number of aryl methyl sites for hydroxylation is 2. The Morgan fingerprint density at radius 1 is 0.871 bits per heavy atom. The quantitative estimate of drug-likeness (QED) is 0.387. The van der Waals surface area contributed by atoms with Crippen molar-refractivity contribution in [2.45, 2.75) is 57.8 Å². The molecule has 0 spiro atoms. The molecule has 0 fully saturated rings. The molecule has 162 valence electrons. The van der Waals surface area contributed by atoms with Crippen molar-refractivity contribution in [1.29, 1.82) is 0 Å². The van der Waals surface area contributed by atoms with Crippen molar-refractivity contribution >= 4 is 0 Å². The topological polar surface area (TPSA) is 80.9 Å². The van der Waals surface area contributed by atoms with Gasteiger partial charge in [-0.2, -0.15) is 0 Å². The van der Waals surface area contributed by atoms with E-state index in [1.807, 2.05) is 45.0 Å². The highest BCUT2D eigenvalue weighted by molar-refractivity contribution is 5.59. The number of phenolic OH excluding ortho intramolecular Hbond substituents is 4. The fraction of sp³-hybridized carbons (Fsp3) is 0.333.